The fourth-order valence-corrected chi connectivity index (χ4v) is 5.01. The summed E-state index contributed by atoms with van der Waals surface area (Å²) in [6.45, 7) is -0.0214. The summed E-state index contributed by atoms with van der Waals surface area (Å²) in [5, 5.41) is 0. The van der Waals surface area contributed by atoms with Gasteiger partial charge in [0.1, 0.15) is 18.8 Å². The molecule has 7 heteroatoms. The lowest BCUT2D eigenvalue weighted by Crippen LogP contribution is -2.57. The molecule has 2 amide bonds. The van der Waals surface area contributed by atoms with Gasteiger partial charge in [-0.3, -0.25) is 0 Å². The van der Waals surface area contributed by atoms with E-state index >= 15 is 0 Å². The number of hydrogen-bond donors (Lipinski definition) is 1. The molecule has 0 aromatic heterocycles. The van der Waals surface area contributed by atoms with Gasteiger partial charge in [-0.1, -0.05) is 152 Å². The lowest BCUT2D eigenvalue weighted by Gasteiger charge is -2.43. The average Bonchev–Trinajstić information content (AvgIpc) is 3.07. The Morgan fingerprint density at radius 3 is 1.30 bits per heavy atom. The molecule has 2 N–H and O–H groups in total. The summed E-state index contributed by atoms with van der Waals surface area (Å²) in [7, 11) is 0. The second kappa shape index (κ2) is 13.8. The number of aliphatic imine (C=N–C) groups is 1. The van der Waals surface area contributed by atoms with E-state index in [1.54, 1.807) is 0 Å². The molecular formula is C36H31N3O4. The Morgan fingerprint density at radius 2 is 0.907 bits per heavy atom. The Labute approximate surface area is 250 Å². The molecule has 43 heavy (non-hydrogen) atoms. The van der Waals surface area contributed by atoms with Crippen molar-refractivity contribution >= 4 is 18.1 Å². The van der Waals surface area contributed by atoms with Gasteiger partial charge in [0.25, 0.3) is 0 Å². The van der Waals surface area contributed by atoms with E-state index in [0.29, 0.717) is 16.7 Å². The third-order valence-electron chi connectivity index (χ3n) is 6.94. The van der Waals surface area contributed by atoms with Crippen LogP contribution in [-0.2, 0) is 28.2 Å². The van der Waals surface area contributed by atoms with Gasteiger partial charge in [0.15, 0.2) is 0 Å². The van der Waals surface area contributed by atoms with Crippen molar-refractivity contribution in [3.8, 4) is 0 Å². The lowest BCUT2D eigenvalue weighted by atomic mass is 9.75. The van der Waals surface area contributed by atoms with Crippen molar-refractivity contribution in [1.29, 1.82) is 0 Å². The molecule has 0 unspecified atom stereocenters. The van der Waals surface area contributed by atoms with E-state index in [0.717, 1.165) is 11.1 Å². The first kappa shape index (κ1) is 28.8. The zero-order valence-electron chi connectivity index (χ0n) is 23.5. The fourth-order valence-electron chi connectivity index (χ4n) is 5.01. The number of carbonyl (C=O) groups is 2. The number of rotatable bonds is 8. The molecule has 0 bridgehead atoms. The molecule has 5 aromatic rings. The molecule has 214 valence electrons. The lowest BCUT2D eigenvalue weighted by molar-refractivity contribution is 0.0970. The topological polar surface area (TPSA) is 94.2 Å². The van der Waals surface area contributed by atoms with Crippen LogP contribution in [0, 0.1) is 0 Å². The minimum atomic E-state index is -1.37. The van der Waals surface area contributed by atoms with Gasteiger partial charge in [-0.2, -0.15) is 0 Å². The molecule has 0 saturated heterocycles. The fraction of sp³-hybridized carbons (Fsp3) is 0.0833. The Hall–Kier alpha value is -5.69. The highest BCUT2D eigenvalue weighted by atomic mass is 16.6. The van der Waals surface area contributed by atoms with Gasteiger partial charge in [0.2, 0.25) is 5.96 Å². The minimum absolute atomic E-state index is 0.00386. The summed E-state index contributed by atoms with van der Waals surface area (Å²) in [6, 6.07) is 46.9. The average molecular weight is 570 g/mol. The zero-order valence-corrected chi connectivity index (χ0v) is 23.5. The second-order valence-corrected chi connectivity index (χ2v) is 9.69. The quantitative estimate of drug-likeness (QED) is 0.121. The van der Waals surface area contributed by atoms with Crippen LogP contribution in [0.15, 0.2) is 157 Å². The maximum Gasteiger partial charge on any atom is 0.437 e. The number of ether oxygens (including phenoxy) is 2. The first-order chi connectivity index (χ1) is 21.1. The number of guanidine groups is 1. The van der Waals surface area contributed by atoms with Crippen LogP contribution in [0.3, 0.4) is 0 Å². The summed E-state index contributed by atoms with van der Waals surface area (Å²) in [5.74, 6) is -0.382. The highest BCUT2D eigenvalue weighted by Gasteiger charge is 2.48. The third kappa shape index (κ3) is 6.63. The van der Waals surface area contributed by atoms with Gasteiger partial charge >= 0.3 is 12.2 Å². The van der Waals surface area contributed by atoms with Crippen molar-refractivity contribution in [2.75, 3.05) is 0 Å². The van der Waals surface area contributed by atoms with Crippen LogP contribution in [0.5, 0.6) is 0 Å². The molecule has 0 aliphatic heterocycles. The highest BCUT2D eigenvalue weighted by Crippen LogP contribution is 2.43. The van der Waals surface area contributed by atoms with Crippen molar-refractivity contribution in [2.24, 2.45) is 10.7 Å². The highest BCUT2D eigenvalue weighted by molar-refractivity contribution is 6.00. The van der Waals surface area contributed by atoms with E-state index in [-0.39, 0.29) is 19.2 Å². The van der Waals surface area contributed by atoms with E-state index < -0.39 is 17.7 Å². The molecule has 5 rings (SSSR count). The van der Waals surface area contributed by atoms with Crippen LogP contribution in [0.2, 0.25) is 0 Å². The van der Waals surface area contributed by atoms with Gasteiger partial charge in [-0.05, 0) is 27.8 Å². The Kier molecular flexibility index (Phi) is 9.24. The van der Waals surface area contributed by atoms with Gasteiger partial charge in [-0.15, -0.1) is 4.99 Å². The van der Waals surface area contributed by atoms with Gasteiger partial charge in [-0.25, -0.2) is 14.5 Å². The maximum absolute atomic E-state index is 14.3. The Bertz CT molecular complexity index is 1550. The largest absolute Gasteiger partial charge is 0.444 e. The first-order valence-corrected chi connectivity index (χ1v) is 13.8. The van der Waals surface area contributed by atoms with Crippen molar-refractivity contribution in [2.45, 2.75) is 18.8 Å². The van der Waals surface area contributed by atoms with Crippen molar-refractivity contribution in [1.82, 2.24) is 4.90 Å². The number of hydrogen-bond acceptors (Lipinski definition) is 4. The van der Waals surface area contributed by atoms with Gasteiger partial charge in [0.05, 0.1) is 0 Å². The molecule has 0 heterocycles. The normalized spacial score (nSPS) is 11.4. The summed E-state index contributed by atoms with van der Waals surface area (Å²) in [4.78, 5) is 32.6. The van der Waals surface area contributed by atoms with Crippen molar-refractivity contribution in [3.63, 3.8) is 0 Å². The molecule has 5 aromatic carbocycles. The molecular weight excluding hydrogens is 538 g/mol. The molecule has 0 aliphatic rings. The first-order valence-electron chi connectivity index (χ1n) is 13.8. The molecule has 0 aliphatic carbocycles. The van der Waals surface area contributed by atoms with Gasteiger partial charge < -0.3 is 15.2 Å². The SMILES string of the molecule is NC(=NC(=O)OCc1ccccc1)N(C(=O)OCc1ccccc1)C(c1ccccc1)(c1ccccc1)c1ccccc1. The minimum Gasteiger partial charge on any atom is -0.444 e. The standard InChI is InChI=1S/C36H31N3O4/c37-33(38-34(40)42-26-28-16-6-1-7-17-28)39(35(41)43-27-29-18-8-2-9-19-29)36(30-20-10-3-11-21-30,31-22-12-4-13-23-31)32-24-14-5-15-25-32/h1-25H,26-27H2,(H2,37,38,40). The predicted octanol–water partition coefficient (Wildman–Crippen LogP) is 7.27. The summed E-state index contributed by atoms with van der Waals surface area (Å²) < 4.78 is 11.3. The number of benzene rings is 5. The van der Waals surface area contributed by atoms with Crippen LogP contribution in [-0.4, -0.2) is 23.0 Å². The Morgan fingerprint density at radius 1 is 0.558 bits per heavy atom. The smallest absolute Gasteiger partial charge is 0.437 e. The van der Waals surface area contributed by atoms with Crippen LogP contribution >= 0.6 is 0 Å². The number of amides is 2. The predicted molar refractivity (Wildman–Crippen MR) is 166 cm³/mol. The molecule has 0 atom stereocenters. The molecule has 0 fully saturated rings. The molecule has 0 saturated carbocycles. The zero-order chi connectivity index (χ0) is 29.9. The molecule has 0 spiro atoms. The van der Waals surface area contributed by atoms with Crippen molar-refractivity contribution < 1.29 is 19.1 Å². The Balaban J connectivity index is 1.65. The van der Waals surface area contributed by atoms with Gasteiger partial charge in [0, 0.05) is 0 Å². The summed E-state index contributed by atoms with van der Waals surface area (Å²) in [5.41, 5.74) is 8.96. The summed E-state index contributed by atoms with van der Waals surface area (Å²) >= 11 is 0. The van der Waals surface area contributed by atoms with Crippen LogP contribution in [0.4, 0.5) is 9.59 Å². The van der Waals surface area contributed by atoms with Crippen LogP contribution in [0.25, 0.3) is 0 Å². The number of carbonyl (C=O) groups excluding carboxylic acids is 2. The molecule has 0 radical (unpaired) electrons. The summed E-state index contributed by atoms with van der Waals surface area (Å²) in [6.07, 6.45) is -1.73. The maximum atomic E-state index is 14.3. The van der Waals surface area contributed by atoms with Crippen LogP contribution in [0.1, 0.15) is 27.8 Å². The van der Waals surface area contributed by atoms with E-state index in [1.165, 1.54) is 4.90 Å². The third-order valence-corrected chi connectivity index (χ3v) is 6.94. The number of nitrogens with two attached hydrogens (primary N) is 1. The van der Waals surface area contributed by atoms with E-state index in [2.05, 4.69) is 4.99 Å². The van der Waals surface area contributed by atoms with Crippen molar-refractivity contribution in [3.05, 3.63) is 179 Å². The number of nitrogens with zero attached hydrogens (tertiary/aromatic N) is 2. The van der Waals surface area contributed by atoms with Crippen LogP contribution < -0.4 is 5.73 Å². The molecule has 7 nitrogen and oxygen atoms in total. The van der Waals surface area contributed by atoms with E-state index in [1.807, 2.05) is 152 Å². The van der Waals surface area contributed by atoms with E-state index in [9.17, 15) is 9.59 Å². The second-order valence-electron chi connectivity index (χ2n) is 9.69. The van der Waals surface area contributed by atoms with E-state index in [4.69, 9.17) is 15.2 Å². The monoisotopic (exact) mass is 569 g/mol.